The number of carbonyl (C=O) groups is 1. The highest BCUT2D eigenvalue weighted by Crippen LogP contribution is 1.99. The summed E-state index contributed by atoms with van der Waals surface area (Å²) in [5.74, 6) is -0.288. The van der Waals surface area contributed by atoms with Crippen molar-refractivity contribution in [3.63, 3.8) is 0 Å². The summed E-state index contributed by atoms with van der Waals surface area (Å²) in [5, 5.41) is 0. The predicted molar refractivity (Wildman–Crippen MR) is 51.1 cm³/mol. The average Bonchev–Trinajstić information content (AvgIpc) is 2.14. The Labute approximate surface area is 77.8 Å². The third-order valence-electron chi connectivity index (χ3n) is 1.53. The Morgan fingerprint density at radius 2 is 2.08 bits per heavy atom. The minimum Gasteiger partial charge on any atom is -0.435 e. The van der Waals surface area contributed by atoms with Gasteiger partial charge >= 0.3 is 5.97 Å². The molecule has 0 amide bonds. The summed E-state index contributed by atoms with van der Waals surface area (Å²) in [6, 6.07) is 9.99. The van der Waals surface area contributed by atoms with E-state index in [1.807, 2.05) is 36.4 Å². The molecular formula is C11H12O2. The van der Waals surface area contributed by atoms with Crippen LogP contribution in [0.25, 0.3) is 0 Å². The highest BCUT2D eigenvalue weighted by atomic mass is 16.5. The van der Waals surface area contributed by atoms with E-state index in [4.69, 9.17) is 0 Å². The molecule has 2 nitrogen and oxygen atoms in total. The highest BCUT2D eigenvalue weighted by Gasteiger charge is 1.87. The van der Waals surface area contributed by atoms with Gasteiger partial charge in [0.1, 0.15) is 0 Å². The average molecular weight is 176 g/mol. The molecule has 0 N–H and O–H groups in total. The minimum atomic E-state index is -0.288. The second kappa shape index (κ2) is 5.14. The number of allylic oxidation sites excluding steroid dienone is 1. The molecule has 1 aromatic carbocycles. The molecule has 1 rings (SSSR count). The van der Waals surface area contributed by atoms with Crippen LogP contribution in [0.15, 0.2) is 42.7 Å². The van der Waals surface area contributed by atoms with E-state index >= 15 is 0 Å². The van der Waals surface area contributed by atoms with Gasteiger partial charge in [-0.2, -0.15) is 0 Å². The molecule has 0 bridgehead atoms. The zero-order valence-electron chi connectivity index (χ0n) is 7.57. The summed E-state index contributed by atoms with van der Waals surface area (Å²) >= 11 is 0. The Hall–Kier alpha value is -1.57. The van der Waals surface area contributed by atoms with Crippen molar-refractivity contribution in [1.29, 1.82) is 0 Å². The summed E-state index contributed by atoms with van der Waals surface area (Å²) in [6.45, 7) is 1.38. The van der Waals surface area contributed by atoms with E-state index in [2.05, 4.69) is 4.74 Å². The number of hydrogen-bond acceptors (Lipinski definition) is 2. The third kappa shape index (κ3) is 4.11. The maximum atomic E-state index is 10.4. The second-order valence-electron chi connectivity index (χ2n) is 2.67. The van der Waals surface area contributed by atoms with Crippen molar-refractivity contribution in [2.24, 2.45) is 0 Å². The summed E-state index contributed by atoms with van der Waals surface area (Å²) in [4.78, 5) is 10.4. The number of carbonyl (C=O) groups excluding carboxylic acids is 1. The third-order valence-corrected chi connectivity index (χ3v) is 1.53. The lowest BCUT2D eigenvalue weighted by Gasteiger charge is -1.94. The maximum Gasteiger partial charge on any atom is 0.307 e. The first-order chi connectivity index (χ1) is 6.29. The van der Waals surface area contributed by atoms with Crippen LogP contribution in [0.3, 0.4) is 0 Å². The Bertz CT molecular complexity index is 288. The summed E-state index contributed by atoms with van der Waals surface area (Å²) in [6.07, 6.45) is 4.03. The van der Waals surface area contributed by atoms with Crippen LogP contribution in [0, 0.1) is 0 Å². The van der Waals surface area contributed by atoms with Gasteiger partial charge in [-0.1, -0.05) is 30.3 Å². The van der Waals surface area contributed by atoms with Gasteiger partial charge in [0.25, 0.3) is 0 Å². The Balaban J connectivity index is 2.35. The fourth-order valence-electron chi connectivity index (χ4n) is 0.942. The molecule has 1 aromatic rings. The second-order valence-corrected chi connectivity index (χ2v) is 2.67. The van der Waals surface area contributed by atoms with Gasteiger partial charge in [-0.3, -0.25) is 4.79 Å². The topological polar surface area (TPSA) is 26.3 Å². The number of ether oxygens (including phenoxy) is 1. The van der Waals surface area contributed by atoms with Crippen molar-refractivity contribution in [2.45, 2.75) is 13.3 Å². The van der Waals surface area contributed by atoms with E-state index in [1.165, 1.54) is 18.7 Å². The molecular weight excluding hydrogens is 164 g/mol. The van der Waals surface area contributed by atoms with Gasteiger partial charge in [-0.05, 0) is 18.1 Å². The molecule has 0 aliphatic rings. The van der Waals surface area contributed by atoms with Gasteiger partial charge in [0, 0.05) is 6.92 Å². The van der Waals surface area contributed by atoms with Crippen LogP contribution in [0.1, 0.15) is 12.5 Å². The van der Waals surface area contributed by atoms with Crippen LogP contribution in [0.2, 0.25) is 0 Å². The first-order valence-corrected chi connectivity index (χ1v) is 4.15. The highest BCUT2D eigenvalue weighted by molar-refractivity contribution is 5.66. The van der Waals surface area contributed by atoms with Crippen molar-refractivity contribution >= 4 is 5.97 Å². The molecule has 0 radical (unpaired) electrons. The van der Waals surface area contributed by atoms with Crippen molar-refractivity contribution in [2.75, 3.05) is 0 Å². The van der Waals surface area contributed by atoms with Gasteiger partial charge in [-0.15, -0.1) is 0 Å². The zero-order valence-corrected chi connectivity index (χ0v) is 7.57. The Morgan fingerprint density at radius 3 is 2.69 bits per heavy atom. The molecule has 0 aliphatic carbocycles. The van der Waals surface area contributed by atoms with Gasteiger partial charge in [0.2, 0.25) is 0 Å². The van der Waals surface area contributed by atoms with Crippen molar-refractivity contribution in [3.8, 4) is 0 Å². The Morgan fingerprint density at radius 1 is 1.38 bits per heavy atom. The normalized spacial score (nSPS) is 10.2. The molecule has 0 heterocycles. The molecule has 0 aliphatic heterocycles. The SMILES string of the molecule is CC(=O)O/C=C\Cc1ccccc1. The smallest absolute Gasteiger partial charge is 0.307 e. The van der Waals surface area contributed by atoms with Gasteiger partial charge < -0.3 is 4.74 Å². The van der Waals surface area contributed by atoms with Crippen molar-refractivity contribution in [1.82, 2.24) is 0 Å². The fraction of sp³-hybridized carbons (Fsp3) is 0.182. The molecule has 0 unspecified atom stereocenters. The molecule has 68 valence electrons. The molecule has 0 atom stereocenters. The lowest BCUT2D eigenvalue weighted by atomic mass is 10.2. The molecule has 0 saturated carbocycles. The number of hydrogen-bond donors (Lipinski definition) is 0. The van der Waals surface area contributed by atoms with Gasteiger partial charge in [0.15, 0.2) is 0 Å². The molecule has 0 saturated heterocycles. The van der Waals surface area contributed by atoms with E-state index in [-0.39, 0.29) is 5.97 Å². The molecule has 2 heteroatoms. The number of benzene rings is 1. The van der Waals surface area contributed by atoms with E-state index < -0.39 is 0 Å². The lowest BCUT2D eigenvalue weighted by molar-refractivity contribution is -0.135. The minimum absolute atomic E-state index is 0.288. The lowest BCUT2D eigenvalue weighted by Crippen LogP contribution is -1.89. The molecule has 13 heavy (non-hydrogen) atoms. The Kier molecular flexibility index (Phi) is 3.76. The summed E-state index contributed by atoms with van der Waals surface area (Å²) in [7, 11) is 0. The molecule has 0 aromatic heterocycles. The maximum absolute atomic E-state index is 10.4. The van der Waals surface area contributed by atoms with Crippen LogP contribution in [0.4, 0.5) is 0 Å². The monoisotopic (exact) mass is 176 g/mol. The van der Waals surface area contributed by atoms with Crippen LogP contribution in [0.5, 0.6) is 0 Å². The van der Waals surface area contributed by atoms with E-state index in [0.29, 0.717) is 0 Å². The van der Waals surface area contributed by atoms with E-state index in [9.17, 15) is 4.79 Å². The number of esters is 1. The first kappa shape index (κ1) is 9.52. The van der Waals surface area contributed by atoms with E-state index in [0.717, 1.165) is 6.42 Å². The predicted octanol–water partition coefficient (Wildman–Crippen LogP) is 2.31. The number of rotatable bonds is 3. The first-order valence-electron chi connectivity index (χ1n) is 4.15. The summed E-state index contributed by atoms with van der Waals surface area (Å²) < 4.78 is 4.64. The van der Waals surface area contributed by atoms with Crippen molar-refractivity contribution < 1.29 is 9.53 Å². The van der Waals surface area contributed by atoms with Crippen LogP contribution >= 0.6 is 0 Å². The zero-order chi connectivity index (χ0) is 9.52. The van der Waals surface area contributed by atoms with Crippen LogP contribution in [-0.4, -0.2) is 5.97 Å². The largest absolute Gasteiger partial charge is 0.435 e. The van der Waals surface area contributed by atoms with Crippen molar-refractivity contribution in [3.05, 3.63) is 48.2 Å². The molecule has 0 spiro atoms. The van der Waals surface area contributed by atoms with Gasteiger partial charge in [0.05, 0.1) is 6.26 Å². The quantitative estimate of drug-likeness (QED) is 0.521. The molecule has 0 fully saturated rings. The van der Waals surface area contributed by atoms with Crippen LogP contribution < -0.4 is 0 Å². The van der Waals surface area contributed by atoms with E-state index in [1.54, 1.807) is 0 Å². The standard InChI is InChI=1S/C11H12O2/c1-10(12)13-9-5-8-11-6-3-2-4-7-11/h2-7,9H,8H2,1H3/b9-5-. The van der Waals surface area contributed by atoms with Gasteiger partial charge in [-0.25, -0.2) is 0 Å². The summed E-state index contributed by atoms with van der Waals surface area (Å²) in [5.41, 5.74) is 1.20. The van der Waals surface area contributed by atoms with Crippen LogP contribution in [-0.2, 0) is 16.0 Å². The fourth-order valence-corrected chi connectivity index (χ4v) is 0.942.